The first-order chi connectivity index (χ1) is 7.58. The van der Waals surface area contributed by atoms with Crippen LogP contribution in [-0.4, -0.2) is 10.1 Å². The van der Waals surface area contributed by atoms with E-state index in [1.807, 2.05) is 0 Å². The number of rotatable bonds is 2. The number of aliphatic hydroxyl groups is 1. The molecule has 0 amide bonds. The highest BCUT2D eigenvalue weighted by atomic mass is 79.9. The minimum Gasteiger partial charge on any atom is -0.387 e. The Morgan fingerprint density at radius 3 is 2.81 bits per heavy atom. The summed E-state index contributed by atoms with van der Waals surface area (Å²) >= 11 is 4.56. The second-order valence-corrected chi connectivity index (χ2v) is 5.09. The van der Waals surface area contributed by atoms with Crippen LogP contribution in [0.5, 0.6) is 0 Å². The molecule has 0 aliphatic carbocycles. The van der Waals surface area contributed by atoms with Gasteiger partial charge >= 0.3 is 0 Å². The van der Waals surface area contributed by atoms with Gasteiger partial charge < -0.3 is 5.11 Å². The van der Waals surface area contributed by atoms with E-state index in [9.17, 15) is 9.50 Å². The first-order valence-electron chi connectivity index (χ1n) is 4.67. The van der Waals surface area contributed by atoms with Gasteiger partial charge in [-0.25, -0.2) is 9.37 Å². The van der Waals surface area contributed by atoms with Crippen molar-refractivity contribution in [1.29, 1.82) is 0 Å². The molecule has 1 aromatic carbocycles. The predicted molar refractivity (Wildman–Crippen MR) is 65.8 cm³/mol. The SMILES string of the molecule is CC(O)c1csc(-c2ccc(F)c(Br)c2)n1. The Balaban J connectivity index is 2.39. The summed E-state index contributed by atoms with van der Waals surface area (Å²) in [5, 5.41) is 11.9. The molecule has 1 atom stereocenters. The molecular weight excluding hydrogens is 293 g/mol. The lowest BCUT2D eigenvalue weighted by Gasteiger charge is -1.99. The molecule has 0 aliphatic heterocycles. The van der Waals surface area contributed by atoms with Crippen molar-refractivity contribution < 1.29 is 9.50 Å². The summed E-state index contributed by atoms with van der Waals surface area (Å²) in [5.74, 6) is -0.295. The van der Waals surface area contributed by atoms with Gasteiger partial charge in [-0.3, -0.25) is 0 Å². The van der Waals surface area contributed by atoms with E-state index in [0.717, 1.165) is 10.6 Å². The second-order valence-electron chi connectivity index (χ2n) is 3.38. The maximum Gasteiger partial charge on any atom is 0.137 e. The van der Waals surface area contributed by atoms with Gasteiger partial charge in [-0.05, 0) is 41.1 Å². The Kier molecular flexibility index (Phi) is 3.37. The molecule has 2 aromatic rings. The first-order valence-corrected chi connectivity index (χ1v) is 6.34. The Labute approximate surface area is 105 Å². The van der Waals surface area contributed by atoms with Gasteiger partial charge in [-0.2, -0.15) is 0 Å². The van der Waals surface area contributed by atoms with Crippen molar-refractivity contribution >= 4 is 27.3 Å². The lowest BCUT2D eigenvalue weighted by molar-refractivity contribution is 0.195. The van der Waals surface area contributed by atoms with Crippen LogP contribution in [0.1, 0.15) is 18.7 Å². The van der Waals surface area contributed by atoms with E-state index in [2.05, 4.69) is 20.9 Å². The van der Waals surface area contributed by atoms with Crippen LogP contribution in [0.15, 0.2) is 28.1 Å². The molecule has 84 valence electrons. The fourth-order valence-corrected chi connectivity index (χ4v) is 2.52. The van der Waals surface area contributed by atoms with Crippen molar-refractivity contribution in [3.8, 4) is 10.6 Å². The van der Waals surface area contributed by atoms with Gasteiger partial charge in [0.05, 0.1) is 16.3 Å². The Hall–Kier alpha value is -0.780. The van der Waals surface area contributed by atoms with Crippen molar-refractivity contribution in [3.63, 3.8) is 0 Å². The molecule has 0 fully saturated rings. The molecule has 0 radical (unpaired) electrons. The highest BCUT2D eigenvalue weighted by Crippen LogP contribution is 2.29. The fraction of sp³-hybridized carbons (Fsp3) is 0.182. The van der Waals surface area contributed by atoms with Crippen LogP contribution >= 0.6 is 27.3 Å². The third kappa shape index (κ3) is 2.31. The number of halogens is 2. The van der Waals surface area contributed by atoms with E-state index in [1.165, 1.54) is 17.4 Å². The lowest BCUT2D eigenvalue weighted by atomic mass is 10.2. The molecule has 1 heterocycles. The third-order valence-corrected chi connectivity index (χ3v) is 3.63. The minimum atomic E-state index is -0.575. The highest BCUT2D eigenvalue weighted by Gasteiger charge is 2.09. The molecule has 1 aromatic heterocycles. The van der Waals surface area contributed by atoms with E-state index in [-0.39, 0.29) is 5.82 Å². The molecule has 0 spiro atoms. The van der Waals surface area contributed by atoms with E-state index in [1.54, 1.807) is 24.4 Å². The summed E-state index contributed by atoms with van der Waals surface area (Å²) in [7, 11) is 0. The summed E-state index contributed by atoms with van der Waals surface area (Å²) in [6.07, 6.45) is -0.575. The topological polar surface area (TPSA) is 33.1 Å². The molecule has 0 bridgehead atoms. The highest BCUT2D eigenvalue weighted by molar-refractivity contribution is 9.10. The van der Waals surface area contributed by atoms with Crippen LogP contribution in [-0.2, 0) is 0 Å². The molecule has 0 aliphatic rings. The van der Waals surface area contributed by atoms with Crippen LogP contribution in [0.4, 0.5) is 4.39 Å². The van der Waals surface area contributed by atoms with Gasteiger partial charge in [-0.15, -0.1) is 11.3 Å². The third-order valence-electron chi connectivity index (χ3n) is 2.12. The van der Waals surface area contributed by atoms with Gasteiger partial charge in [0.2, 0.25) is 0 Å². The molecule has 1 unspecified atom stereocenters. The monoisotopic (exact) mass is 301 g/mol. The molecule has 16 heavy (non-hydrogen) atoms. The number of hydrogen-bond donors (Lipinski definition) is 1. The largest absolute Gasteiger partial charge is 0.387 e. The van der Waals surface area contributed by atoms with Gasteiger partial charge in [-0.1, -0.05) is 0 Å². The van der Waals surface area contributed by atoms with Crippen molar-refractivity contribution in [2.75, 3.05) is 0 Å². The fourth-order valence-electron chi connectivity index (χ4n) is 1.24. The van der Waals surface area contributed by atoms with Crippen LogP contribution in [0.2, 0.25) is 0 Å². The summed E-state index contributed by atoms with van der Waals surface area (Å²) < 4.78 is 13.5. The molecule has 1 N–H and O–H groups in total. The second kappa shape index (κ2) is 4.61. The average Bonchev–Trinajstić information content (AvgIpc) is 2.71. The van der Waals surface area contributed by atoms with E-state index in [0.29, 0.717) is 10.2 Å². The van der Waals surface area contributed by atoms with E-state index >= 15 is 0 Å². The number of hydrogen-bond acceptors (Lipinski definition) is 3. The summed E-state index contributed by atoms with van der Waals surface area (Å²) in [4.78, 5) is 4.28. The Morgan fingerprint density at radius 2 is 2.25 bits per heavy atom. The predicted octanol–water partition coefficient (Wildman–Crippen LogP) is 3.77. The number of nitrogens with zero attached hydrogens (tertiary/aromatic N) is 1. The maximum absolute atomic E-state index is 13.0. The molecule has 2 rings (SSSR count). The maximum atomic E-state index is 13.0. The van der Waals surface area contributed by atoms with Gasteiger partial charge in [0.1, 0.15) is 10.8 Å². The summed E-state index contributed by atoms with van der Waals surface area (Å²) in [6.45, 7) is 1.67. The quantitative estimate of drug-likeness (QED) is 0.916. The van der Waals surface area contributed by atoms with Crippen molar-refractivity contribution in [1.82, 2.24) is 4.98 Å². The molecular formula is C11H9BrFNOS. The summed E-state index contributed by atoms with van der Waals surface area (Å²) in [6, 6.07) is 4.74. The van der Waals surface area contributed by atoms with Gasteiger partial charge in [0.25, 0.3) is 0 Å². The zero-order valence-corrected chi connectivity index (χ0v) is 10.8. The summed E-state index contributed by atoms with van der Waals surface area (Å²) in [5.41, 5.74) is 1.48. The molecule has 0 saturated heterocycles. The minimum absolute atomic E-state index is 0.295. The normalized spacial score (nSPS) is 12.8. The number of benzene rings is 1. The molecule has 2 nitrogen and oxygen atoms in total. The van der Waals surface area contributed by atoms with E-state index < -0.39 is 6.10 Å². The smallest absolute Gasteiger partial charge is 0.137 e. The van der Waals surface area contributed by atoms with Crippen LogP contribution in [0, 0.1) is 5.82 Å². The average molecular weight is 302 g/mol. The first kappa shape index (κ1) is 11.7. The number of thiazole rings is 1. The number of aliphatic hydroxyl groups excluding tert-OH is 1. The molecule has 5 heteroatoms. The zero-order chi connectivity index (χ0) is 11.7. The van der Waals surface area contributed by atoms with E-state index in [4.69, 9.17) is 0 Å². The van der Waals surface area contributed by atoms with Crippen molar-refractivity contribution in [3.05, 3.63) is 39.6 Å². The van der Waals surface area contributed by atoms with Crippen LogP contribution in [0.3, 0.4) is 0 Å². The lowest BCUT2D eigenvalue weighted by Crippen LogP contribution is -1.90. The van der Waals surface area contributed by atoms with Crippen LogP contribution < -0.4 is 0 Å². The number of aromatic nitrogens is 1. The molecule has 0 saturated carbocycles. The van der Waals surface area contributed by atoms with Crippen molar-refractivity contribution in [2.45, 2.75) is 13.0 Å². The van der Waals surface area contributed by atoms with Gasteiger partial charge in [0.15, 0.2) is 0 Å². The Morgan fingerprint density at radius 1 is 1.50 bits per heavy atom. The zero-order valence-electron chi connectivity index (χ0n) is 8.45. The Bertz CT molecular complexity index is 512. The standard InChI is InChI=1S/C11H9BrFNOS/c1-6(15)10-5-16-11(14-10)7-2-3-9(13)8(12)4-7/h2-6,15H,1H3. The van der Waals surface area contributed by atoms with Gasteiger partial charge in [0, 0.05) is 10.9 Å². The van der Waals surface area contributed by atoms with Crippen molar-refractivity contribution in [2.24, 2.45) is 0 Å². The van der Waals surface area contributed by atoms with Crippen LogP contribution in [0.25, 0.3) is 10.6 Å².